The van der Waals surface area contributed by atoms with E-state index in [1.165, 1.54) is 7.11 Å². The Morgan fingerprint density at radius 1 is 1.08 bits per heavy atom. The summed E-state index contributed by atoms with van der Waals surface area (Å²) in [6.45, 7) is 2.89. The summed E-state index contributed by atoms with van der Waals surface area (Å²) in [5.74, 6) is 0.242. The lowest BCUT2D eigenvalue weighted by Crippen LogP contribution is -2.28. The average molecular weight is 555 g/mol. The summed E-state index contributed by atoms with van der Waals surface area (Å²) in [5.41, 5.74) is 3.07. The summed E-state index contributed by atoms with van der Waals surface area (Å²) in [5, 5.41) is 3.82. The van der Waals surface area contributed by atoms with Crippen LogP contribution in [-0.2, 0) is 27.2 Å². The SMILES string of the molecule is CCOC(Cc1ccc(OCCn2c(=O)sc3cc(C(N=O)c4cccc(Cl)c4)ccc32)cc1)C(=O)OC. The Morgan fingerprint density at radius 3 is 2.53 bits per heavy atom. The summed E-state index contributed by atoms with van der Waals surface area (Å²) < 4.78 is 18.6. The first kappa shape index (κ1) is 27.5. The first-order valence-electron chi connectivity index (χ1n) is 12.1. The van der Waals surface area contributed by atoms with Gasteiger partial charge in [-0.05, 0) is 60.0 Å². The molecule has 10 heteroatoms. The van der Waals surface area contributed by atoms with E-state index in [4.69, 9.17) is 25.8 Å². The van der Waals surface area contributed by atoms with Crippen molar-refractivity contribution in [2.45, 2.75) is 32.0 Å². The van der Waals surface area contributed by atoms with Gasteiger partial charge in [0.25, 0.3) is 0 Å². The molecule has 198 valence electrons. The Labute approximate surface area is 228 Å². The van der Waals surface area contributed by atoms with E-state index in [0.29, 0.717) is 41.5 Å². The number of hydrogen-bond donors (Lipinski definition) is 0. The molecule has 0 aliphatic heterocycles. The molecule has 1 heterocycles. The fourth-order valence-electron chi connectivity index (χ4n) is 4.19. The van der Waals surface area contributed by atoms with Crippen molar-refractivity contribution in [1.82, 2.24) is 4.57 Å². The van der Waals surface area contributed by atoms with E-state index in [9.17, 15) is 14.5 Å². The monoisotopic (exact) mass is 554 g/mol. The molecule has 4 aromatic rings. The van der Waals surface area contributed by atoms with Crippen LogP contribution in [0.5, 0.6) is 5.75 Å². The predicted molar refractivity (Wildman–Crippen MR) is 148 cm³/mol. The van der Waals surface area contributed by atoms with Gasteiger partial charge in [-0.15, -0.1) is 4.91 Å². The van der Waals surface area contributed by atoms with Crippen molar-refractivity contribution in [3.05, 3.63) is 103 Å². The number of esters is 1. The molecule has 0 bridgehead atoms. The molecular formula is C28H27ClN2O6S. The van der Waals surface area contributed by atoms with E-state index < -0.39 is 18.1 Å². The number of carbonyl (C=O) groups is 1. The summed E-state index contributed by atoms with van der Waals surface area (Å²) in [6.07, 6.45) is -0.254. The maximum absolute atomic E-state index is 12.7. The molecule has 0 saturated heterocycles. The molecule has 3 aromatic carbocycles. The summed E-state index contributed by atoms with van der Waals surface area (Å²) in [6, 6.07) is 19.2. The standard InChI is InChI=1S/C28H27ClN2O6S/c1-3-36-24(27(32)35-2)15-18-7-10-22(11-8-18)37-14-13-31-23-12-9-20(17-25(23)38-28(31)33)26(30-34)19-5-4-6-21(29)16-19/h4-12,16-17,24,26H,3,13-15H2,1-2H3. The molecule has 8 nitrogen and oxygen atoms in total. The molecule has 0 aliphatic carbocycles. The number of benzene rings is 3. The molecule has 0 radical (unpaired) electrons. The Hall–Kier alpha value is -3.53. The highest BCUT2D eigenvalue weighted by molar-refractivity contribution is 7.16. The van der Waals surface area contributed by atoms with Gasteiger partial charge in [0.15, 0.2) is 6.10 Å². The van der Waals surface area contributed by atoms with Crippen molar-refractivity contribution in [2.24, 2.45) is 5.18 Å². The zero-order valence-electron chi connectivity index (χ0n) is 21.0. The fourth-order valence-corrected chi connectivity index (χ4v) is 5.35. The van der Waals surface area contributed by atoms with Crippen LogP contribution in [0.2, 0.25) is 5.02 Å². The van der Waals surface area contributed by atoms with Crippen LogP contribution in [0.25, 0.3) is 10.2 Å². The van der Waals surface area contributed by atoms with Crippen molar-refractivity contribution in [3.8, 4) is 5.75 Å². The van der Waals surface area contributed by atoms with Crippen molar-refractivity contribution in [1.29, 1.82) is 0 Å². The lowest BCUT2D eigenvalue weighted by Gasteiger charge is -2.15. The zero-order valence-corrected chi connectivity index (χ0v) is 22.5. The minimum atomic E-state index is -0.716. The van der Waals surface area contributed by atoms with Crippen molar-refractivity contribution < 1.29 is 19.0 Å². The van der Waals surface area contributed by atoms with Crippen molar-refractivity contribution in [3.63, 3.8) is 0 Å². The van der Waals surface area contributed by atoms with Gasteiger partial charge in [0.05, 0.1) is 23.9 Å². The second-order valence-electron chi connectivity index (χ2n) is 8.47. The maximum atomic E-state index is 12.7. The number of fused-ring (bicyclic) bond motifs is 1. The molecule has 2 unspecified atom stereocenters. The Bertz CT molecular complexity index is 1470. The average Bonchev–Trinajstić information content (AvgIpc) is 3.23. The van der Waals surface area contributed by atoms with Crippen LogP contribution >= 0.6 is 22.9 Å². The van der Waals surface area contributed by atoms with Crippen LogP contribution < -0.4 is 9.61 Å². The van der Waals surface area contributed by atoms with Crippen molar-refractivity contribution >= 4 is 39.1 Å². The molecule has 38 heavy (non-hydrogen) atoms. The third-order valence-electron chi connectivity index (χ3n) is 6.04. The van der Waals surface area contributed by atoms with Crippen LogP contribution in [0.3, 0.4) is 0 Å². The summed E-state index contributed by atoms with van der Waals surface area (Å²) in [4.78, 5) is 36.1. The fraction of sp³-hybridized carbons (Fsp3) is 0.286. The molecule has 4 rings (SSSR count). The van der Waals surface area contributed by atoms with Crippen LogP contribution in [0.1, 0.15) is 29.7 Å². The number of halogens is 1. The van der Waals surface area contributed by atoms with E-state index in [-0.39, 0.29) is 11.5 Å². The lowest BCUT2D eigenvalue weighted by molar-refractivity contribution is -0.153. The van der Waals surface area contributed by atoms with Crippen LogP contribution in [0, 0.1) is 4.91 Å². The molecular weight excluding hydrogens is 528 g/mol. The first-order valence-corrected chi connectivity index (χ1v) is 13.2. The molecule has 0 N–H and O–H groups in total. The third kappa shape index (κ3) is 6.48. The number of ether oxygens (including phenoxy) is 3. The lowest BCUT2D eigenvalue weighted by atomic mass is 9.99. The third-order valence-corrected chi connectivity index (χ3v) is 7.21. The van der Waals surface area contributed by atoms with Gasteiger partial charge in [0, 0.05) is 18.1 Å². The van der Waals surface area contributed by atoms with Gasteiger partial charge in [-0.25, -0.2) is 4.79 Å². The second-order valence-corrected chi connectivity index (χ2v) is 9.90. The molecule has 1 aromatic heterocycles. The normalized spacial score (nSPS) is 12.7. The van der Waals surface area contributed by atoms with E-state index in [1.807, 2.05) is 43.3 Å². The van der Waals surface area contributed by atoms with Gasteiger partial charge in [-0.2, -0.15) is 0 Å². The minimum Gasteiger partial charge on any atom is -0.492 e. The van der Waals surface area contributed by atoms with Gasteiger partial charge in [0.2, 0.25) is 0 Å². The largest absolute Gasteiger partial charge is 0.492 e. The highest BCUT2D eigenvalue weighted by Gasteiger charge is 2.20. The van der Waals surface area contributed by atoms with Gasteiger partial charge < -0.3 is 14.2 Å². The van der Waals surface area contributed by atoms with Gasteiger partial charge in [0.1, 0.15) is 18.4 Å². The van der Waals surface area contributed by atoms with Gasteiger partial charge in [-0.3, -0.25) is 9.36 Å². The number of thiazole rings is 1. The number of carbonyl (C=O) groups excluding carboxylic acids is 1. The molecule has 0 aliphatic rings. The Balaban J connectivity index is 1.41. The van der Waals surface area contributed by atoms with Gasteiger partial charge in [-0.1, -0.05) is 58.4 Å². The number of nitrogens with zero attached hydrogens (tertiary/aromatic N) is 2. The van der Waals surface area contributed by atoms with E-state index in [0.717, 1.165) is 27.1 Å². The predicted octanol–water partition coefficient (Wildman–Crippen LogP) is 5.77. The van der Waals surface area contributed by atoms with E-state index in [1.54, 1.807) is 34.9 Å². The Kier molecular flexibility index (Phi) is 9.28. The molecule has 0 saturated carbocycles. The van der Waals surface area contributed by atoms with Crippen molar-refractivity contribution in [2.75, 3.05) is 20.3 Å². The van der Waals surface area contributed by atoms with E-state index in [2.05, 4.69) is 5.18 Å². The highest BCUT2D eigenvalue weighted by Crippen LogP contribution is 2.31. The Morgan fingerprint density at radius 2 is 1.84 bits per heavy atom. The van der Waals surface area contributed by atoms with Gasteiger partial charge >= 0.3 is 10.8 Å². The quantitative estimate of drug-likeness (QED) is 0.163. The highest BCUT2D eigenvalue weighted by atomic mass is 35.5. The number of methoxy groups -OCH3 is 1. The number of rotatable bonds is 12. The molecule has 0 amide bonds. The molecule has 0 spiro atoms. The van der Waals surface area contributed by atoms with Crippen LogP contribution in [0.4, 0.5) is 0 Å². The zero-order chi connectivity index (χ0) is 27.1. The molecule has 2 atom stereocenters. The smallest absolute Gasteiger partial charge is 0.335 e. The minimum absolute atomic E-state index is 0.112. The van der Waals surface area contributed by atoms with Crippen LogP contribution in [0.15, 0.2) is 76.7 Å². The number of nitroso groups, excluding NO2 is 1. The number of hydrogen-bond acceptors (Lipinski definition) is 8. The second kappa shape index (κ2) is 12.8. The number of aromatic nitrogens is 1. The summed E-state index contributed by atoms with van der Waals surface area (Å²) >= 11 is 7.19. The molecule has 0 fully saturated rings. The topological polar surface area (TPSA) is 96.2 Å². The maximum Gasteiger partial charge on any atom is 0.335 e. The first-order chi connectivity index (χ1) is 18.4. The van der Waals surface area contributed by atoms with E-state index >= 15 is 0 Å². The summed E-state index contributed by atoms with van der Waals surface area (Å²) in [7, 11) is 1.34. The van der Waals surface area contributed by atoms with Crippen LogP contribution in [-0.4, -0.2) is 37.0 Å².